The molecule has 0 unspecified atom stereocenters. The molecule has 0 atom stereocenters. The lowest BCUT2D eigenvalue weighted by Gasteiger charge is -2.11. The summed E-state index contributed by atoms with van der Waals surface area (Å²) in [6.45, 7) is 12.2. The van der Waals surface area contributed by atoms with E-state index in [2.05, 4.69) is 38.2 Å². The standard InChI is InChI=1S/C16H25NO/c1-11(2)10-17-7-6-15(18)16-13(4)8-12(3)9-14(16)5/h8-9,11,17H,6-7,10H2,1-5H3. The van der Waals surface area contributed by atoms with Gasteiger partial charge in [0.05, 0.1) is 0 Å². The minimum atomic E-state index is 0.251. The third kappa shape index (κ3) is 4.26. The third-order valence-electron chi connectivity index (χ3n) is 3.04. The summed E-state index contributed by atoms with van der Waals surface area (Å²) >= 11 is 0. The van der Waals surface area contributed by atoms with Crippen molar-refractivity contribution in [2.45, 2.75) is 41.0 Å². The van der Waals surface area contributed by atoms with E-state index in [1.807, 2.05) is 13.8 Å². The highest BCUT2D eigenvalue weighted by Gasteiger charge is 2.12. The van der Waals surface area contributed by atoms with E-state index in [1.54, 1.807) is 0 Å². The molecule has 18 heavy (non-hydrogen) atoms. The van der Waals surface area contributed by atoms with E-state index in [0.717, 1.165) is 29.8 Å². The van der Waals surface area contributed by atoms with Gasteiger partial charge >= 0.3 is 0 Å². The van der Waals surface area contributed by atoms with Crippen LogP contribution in [-0.4, -0.2) is 18.9 Å². The highest BCUT2D eigenvalue weighted by molar-refractivity contribution is 5.99. The molecule has 0 radical (unpaired) electrons. The highest BCUT2D eigenvalue weighted by Crippen LogP contribution is 2.17. The van der Waals surface area contributed by atoms with Gasteiger partial charge < -0.3 is 5.32 Å². The number of aryl methyl sites for hydroxylation is 3. The molecule has 0 aliphatic carbocycles. The van der Waals surface area contributed by atoms with Crippen LogP contribution < -0.4 is 5.32 Å². The summed E-state index contributed by atoms with van der Waals surface area (Å²) in [5.74, 6) is 0.879. The lowest BCUT2D eigenvalue weighted by atomic mass is 9.95. The van der Waals surface area contributed by atoms with Gasteiger partial charge in [0.15, 0.2) is 5.78 Å². The zero-order valence-corrected chi connectivity index (χ0v) is 12.3. The van der Waals surface area contributed by atoms with Crippen molar-refractivity contribution in [3.05, 3.63) is 34.4 Å². The fourth-order valence-corrected chi connectivity index (χ4v) is 2.34. The van der Waals surface area contributed by atoms with E-state index in [-0.39, 0.29) is 5.78 Å². The van der Waals surface area contributed by atoms with Gasteiger partial charge in [0.25, 0.3) is 0 Å². The Labute approximate surface area is 111 Å². The molecule has 0 bridgehead atoms. The summed E-state index contributed by atoms with van der Waals surface area (Å²) in [5.41, 5.74) is 4.33. The molecule has 1 N–H and O–H groups in total. The summed E-state index contributed by atoms with van der Waals surface area (Å²) in [5, 5.41) is 3.31. The summed E-state index contributed by atoms with van der Waals surface area (Å²) in [7, 11) is 0. The maximum Gasteiger partial charge on any atom is 0.164 e. The smallest absolute Gasteiger partial charge is 0.164 e. The Morgan fingerprint density at radius 3 is 2.22 bits per heavy atom. The second-order valence-electron chi connectivity index (χ2n) is 5.54. The number of nitrogens with one attached hydrogen (secondary N) is 1. The van der Waals surface area contributed by atoms with Crippen molar-refractivity contribution in [2.75, 3.05) is 13.1 Å². The van der Waals surface area contributed by atoms with Crippen molar-refractivity contribution in [2.24, 2.45) is 5.92 Å². The molecule has 1 rings (SSSR count). The molecule has 0 aromatic heterocycles. The van der Waals surface area contributed by atoms with Crippen molar-refractivity contribution in [3.63, 3.8) is 0 Å². The SMILES string of the molecule is Cc1cc(C)c(C(=O)CCNCC(C)C)c(C)c1. The Balaban J connectivity index is 2.62. The number of ketones is 1. The molecule has 2 nitrogen and oxygen atoms in total. The lowest BCUT2D eigenvalue weighted by molar-refractivity contribution is 0.0981. The predicted molar refractivity (Wildman–Crippen MR) is 77.3 cm³/mol. The van der Waals surface area contributed by atoms with Gasteiger partial charge in [-0.1, -0.05) is 31.5 Å². The van der Waals surface area contributed by atoms with Gasteiger partial charge in [-0.2, -0.15) is 0 Å². The van der Waals surface area contributed by atoms with E-state index in [0.29, 0.717) is 12.3 Å². The van der Waals surface area contributed by atoms with E-state index >= 15 is 0 Å². The van der Waals surface area contributed by atoms with Crippen molar-refractivity contribution >= 4 is 5.78 Å². The minimum Gasteiger partial charge on any atom is -0.316 e. The van der Waals surface area contributed by atoms with Gasteiger partial charge in [-0.25, -0.2) is 0 Å². The number of rotatable bonds is 6. The van der Waals surface area contributed by atoms with Crippen molar-refractivity contribution in [1.29, 1.82) is 0 Å². The Hall–Kier alpha value is -1.15. The Kier molecular flexibility index (Phi) is 5.54. The molecule has 0 aliphatic heterocycles. The first-order valence-electron chi connectivity index (χ1n) is 6.73. The monoisotopic (exact) mass is 247 g/mol. The van der Waals surface area contributed by atoms with Gasteiger partial charge in [-0.05, 0) is 44.4 Å². The van der Waals surface area contributed by atoms with E-state index in [4.69, 9.17) is 0 Å². The van der Waals surface area contributed by atoms with Crippen LogP contribution in [0, 0.1) is 26.7 Å². The Morgan fingerprint density at radius 1 is 1.17 bits per heavy atom. The number of carbonyl (C=O) groups excluding carboxylic acids is 1. The van der Waals surface area contributed by atoms with Gasteiger partial charge in [-0.15, -0.1) is 0 Å². The zero-order chi connectivity index (χ0) is 13.7. The molecule has 2 heteroatoms. The number of Topliss-reactive ketones (excluding diaryl/α,β-unsaturated/α-hetero) is 1. The van der Waals surface area contributed by atoms with Crippen molar-refractivity contribution < 1.29 is 4.79 Å². The maximum atomic E-state index is 12.2. The Bertz CT molecular complexity index is 398. The molecule has 0 spiro atoms. The molecule has 0 fully saturated rings. The first kappa shape index (κ1) is 14.9. The van der Waals surface area contributed by atoms with Crippen molar-refractivity contribution in [3.8, 4) is 0 Å². The van der Waals surface area contributed by atoms with Crippen LogP contribution in [0.2, 0.25) is 0 Å². The second-order valence-corrected chi connectivity index (χ2v) is 5.54. The Morgan fingerprint density at radius 2 is 1.72 bits per heavy atom. The van der Waals surface area contributed by atoms with Gasteiger partial charge in [0, 0.05) is 18.5 Å². The number of hydrogen-bond donors (Lipinski definition) is 1. The zero-order valence-electron chi connectivity index (χ0n) is 12.3. The fraction of sp³-hybridized carbons (Fsp3) is 0.562. The van der Waals surface area contributed by atoms with Crippen LogP contribution in [0.5, 0.6) is 0 Å². The number of carbonyl (C=O) groups is 1. The lowest BCUT2D eigenvalue weighted by Crippen LogP contribution is -2.23. The fourth-order valence-electron chi connectivity index (χ4n) is 2.34. The minimum absolute atomic E-state index is 0.251. The summed E-state index contributed by atoms with van der Waals surface area (Å²) in [6, 6.07) is 4.17. The van der Waals surface area contributed by atoms with Crippen LogP contribution in [0.3, 0.4) is 0 Å². The van der Waals surface area contributed by atoms with Crippen LogP contribution in [-0.2, 0) is 0 Å². The normalized spacial score (nSPS) is 11.0. The largest absolute Gasteiger partial charge is 0.316 e. The molecule has 1 aromatic rings. The van der Waals surface area contributed by atoms with Crippen LogP contribution in [0.4, 0.5) is 0 Å². The molecule has 0 saturated heterocycles. The first-order chi connectivity index (χ1) is 8.41. The molecule has 100 valence electrons. The molecule has 0 heterocycles. The maximum absolute atomic E-state index is 12.2. The van der Waals surface area contributed by atoms with E-state index in [1.165, 1.54) is 5.56 Å². The summed E-state index contributed by atoms with van der Waals surface area (Å²) in [4.78, 5) is 12.2. The molecular formula is C16H25NO. The van der Waals surface area contributed by atoms with E-state index < -0.39 is 0 Å². The van der Waals surface area contributed by atoms with Crippen LogP contribution in [0.15, 0.2) is 12.1 Å². The van der Waals surface area contributed by atoms with Crippen molar-refractivity contribution in [1.82, 2.24) is 5.32 Å². The number of hydrogen-bond acceptors (Lipinski definition) is 2. The molecule has 0 saturated carbocycles. The molecule has 0 amide bonds. The average Bonchev–Trinajstić information content (AvgIpc) is 2.22. The highest BCUT2D eigenvalue weighted by atomic mass is 16.1. The second kappa shape index (κ2) is 6.69. The molecule has 0 aliphatic rings. The van der Waals surface area contributed by atoms with Gasteiger partial charge in [0.1, 0.15) is 0 Å². The van der Waals surface area contributed by atoms with Crippen LogP contribution in [0.25, 0.3) is 0 Å². The van der Waals surface area contributed by atoms with E-state index in [9.17, 15) is 4.79 Å². The summed E-state index contributed by atoms with van der Waals surface area (Å²) < 4.78 is 0. The van der Waals surface area contributed by atoms with Gasteiger partial charge in [-0.3, -0.25) is 4.79 Å². The quantitative estimate of drug-likeness (QED) is 0.616. The topological polar surface area (TPSA) is 29.1 Å². The number of benzene rings is 1. The summed E-state index contributed by atoms with van der Waals surface area (Å²) in [6.07, 6.45) is 0.581. The molecular weight excluding hydrogens is 222 g/mol. The molecule has 1 aromatic carbocycles. The van der Waals surface area contributed by atoms with Gasteiger partial charge in [0.2, 0.25) is 0 Å². The first-order valence-corrected chi connectivity index (χ1v) is 6.73. The predicted octanol–water partition coefficient (Wildman–Crippen LogP) is 3.43. The third-order valence-corrected chi connectivity index (χ3v) is 3.04. The van der Waals surface area contributed by atoms with Crippen LogP contribution >= 0.6 is 0 Å². The average molecular weight is 247 g/mol. The van der Waals surface area contributed by atoms with Crippen LogP contribution in [0.1, 0.15) is 47.3 Å².